The molecule has 0 spiro atoms. The predicted molar refractivity (Wildman–Crippen MR) is 125 cm³/mol. The number of carbonyl (C=O) groups is 2. The number of aryl methyl sites for hydroxylation is 2. The van der Waals surface area contributed by atoms with Crippen molar-refractivity contribution < 1.29 is 19.1 Å². The molecule has 2 aromatic rings. The molecule has 1 aromatic heterocycles. The van der Waals surface area contributed by atoms with E-state index in [0.717, 1.165) is 30.0 Å². The molecule has 2 saturated heterocycles. The summed E-state index contributed by atoms with van der Waals surface area (Å²) in [6.45, 7) is 9.02. The van der Waals surface area contributed by atoms with Crippen LogP contribution in [0.3, 0.4) is 0 Å². The number of carbonyl (C=O) groups excluding carboxylic acids is 2. The fourth-order valence-electron chi connectivity index (χ4n) is 4.21. The Bertz CT molecular complexity index is 1010. The average Bonchev–Trinajstić information content (AvgIpc) is 3.11. The van der Waals surface area contributed by atoms with Crippen molar-refractivity contribution in [2.75, 3.05) is 49.7 Å². The van der Waals surface area contributed by atoms with Gasteiger partial charge in [0, 0.05) is 38.4 Å². The van der Waals surface area contributed by atoms with Crippen molar-refractivity contribution in [3.05, 3.63) is 47.2 Å². The molecule has 0 N–H and O–H groups in total. The predicted octanol–water partition coefficient (Wildman–Crippen LogP) is 3.44. The quantitative estimate of drug-likeness (QED) is 0.695. The van der Waals surface area contributed by atoms with Crippen LogP contribution in [0, 0.1) is 13.8 Å². The number of hydrogen-bond acceptors (Lipinski definition) is 6. The number of nitrogens with zero attached hydrogens (tertiary/aromatic N) is 4. The number of ether oxygens (including phenoxy) is 2. The van der Waals surface area contributed by atoms with Gasteiger partial charge < -0.3 is 19.3 Å². The van der Waals surface area contributed by atoms with Gasteiger partial charge in [0.2, 0.25) is 0 Å². The highest BCUT2D eigenvalue weighted by Gasteiger charge is 2.32. The monoisotopic (exact) mass is 460 g/mol. The Balaban J connectivity index is 0.00000289. The molecular formula is C23H29ClN4O4. The molecule has 2 fully saturated rings. The first-order valence-electron chi connectivity index (χ1n) is 10.5. The maximum Gasteiger partial charge on any atom is 0.414 e. The minimum atomic E-state index is -0.384. The van der Waals surface area contributed by atoms with Gasteiger partial charge in [0.25, 0.3) is 5.91 Å². The lowest BCUT2D eigenvalue weighted by Crippen LogP contribution is -2.49. The summed E-state index contributed by atoms with van der Waals surface area (Å²) < 4.78 is 10.6. The summed E-state index contributed by atoms with van der Waals surface area (Å²) >= 11 is 0. The number of halogens is 1. The molecule has 32 heavy (non-hydrogen) atoms. The smallest absolute Gasteiger partial charge is 0.414 e. The summed E-state index contributed by atoms with van der Waals surface area (Å²) in [5.41, 5.74) is 3.44. The van der Waals surface area contributed by atoms with Crippen LogP contribution in [0.25, 0.3) is 0 Å². The molecule has 2 amide bonds. The molecule has 1 aromatic carbocycles. The van der Waals surface area contributed by atoms with E-state index in [4.69, 9.17) is 9.47 Å². The first-order valence-corrected chi connectivity index (χ1v) is 10.5. The molecule has 3 heterocycles. The van der Waals surface area contributed by atoms with Crippen molar-refractivity contribution in [2.45, 2.75) is 26.8 Å². The van der Waals surface area contributed by atoms with Crippen LogP contribution in [-0.4, -0.2) is 67.8 Å². The molecule has 1 atom stereocenters. The second-order valence-corrected chi connectivity index (χ2v) is 8.11. The van der Waals surface area contributed by atoms with Gasteiger partial charge in [-0.1, -0.05) is 6.07 Å². The Kier molecular flexibility index (Phi) is 7.13. The van der Waals surface area contributed by atoms with Crippen LogP contribution >= 0.6 is 12.4 Å². The van der Waals surface area contributed by atoms with Gasteiger partial charge in [0.15, 0.2) is 0 Å². The fraction of sp³-hybridized carbons (Fsp3) is 0.435. The van der Waals surface area contributed by atoms with Crippen LogP contribution in [0.2, 0.25) is 0 Å². The summed E-state index contributed by atoms with van der Waals surface area (Å²) in [4.78, 5) is 35.4. The summed E-state index contributed by atoms with van der Waals surface area (Å²) in [7, 11) is 1.53. The van der Waals surface area contributed by atoms with E-state index in [1.54, 1.807) is 23.1 Å². The number of rotatable bonds is 4. The SMILES string of the molecule is COc1cc(N2C(=O)OCC2C)ccc1C(=O)N1CCN(c2ncc(C)cc2C)CC1.Cl. The number of pyridine rings is 1. The van der Waals surface area contributed by atoms with Crippen LogP contribution in [0.5, 0.6) is 5.75 Å². The third kappa shape index (κ3) is 4.46. The maximum atomic E-state index is 13.2. The lowest BCUT2D eigenvalue weighted by molar-refractivity contribution is 0.0743. The van der Waals surface area contributed by atoms with E-state index >= 15 is 0 Å². The highest BCUT2D eigenvalue weighted by Crippen LogP contribution is 2.30. The van der Waals surface area contributed by atoms with Crippen LogP contribution in [-0.2, 0) is 4.74 Å². The van der Waals surface area contributed by atoms with E-state index < -0.39 is 0 Å². The number of benzene rings is 1. The van der Waals surface area contributed by atoms with Crippen LogP contribution < -0.4 is 14.5 Å². The van der Waals surface area contributed by atoms with Gasteiger partial charge in [-0.3, -0.25) is 9.69 Å². The van der Waals surface area contributed by atoms with Gasteiger partial charge in [-0.15, -0.1) is 12.4 Å². The summed E-state index contributed by atoms with van der Waals surface area (Å²) in [6, 6.07) is 7.29. The number of cyclic esters (lactones) is 1. The van der Waals surface area contributed by atoms with E-state index in [9.17, 15) is 9.59 Å². The van der Waals surface area contributed by atoms with Gasteiger partial charge >= 0.3 is 6.09 Å². The third-order valence-corrected chi connectivity index (χ3v) is 5.83. The van der Waals surface area contributed by atoms with Gasteiger partial charge in [-0.25, -0.2) is 9.78 Å². The lowest BCUT2D eigenvalue weighted by atomic mass is 10.1. The van der Waals surface area contributed by atoms with Crippen molar-refractivity contribution in [1.29, 1.82) is 0 Å². The molecule has 0 saturated carbocycles. The second-order valence-electron chi connectivity index (χ2n) is 8.11. The molecule has 2 aliphatic rings. The minimum Gasteiger partial charge on any atom is -0.496 e. The number of anilines is 2. The van der Waals surface area contributed by atoms with Crippen LogP contribution in [0.4, 0.5) is 16.3 Å². The van der Waals surface area contributed by atoms with Crippen molar-refractivity contribution in [3.8, 4) is 5.75 Å². The van der Waals surface area contributed by atoms with Crippen molar-refractivity contribution >= 4 is 35.9 Å². The van der Waals surface area contributed by atoms with Gasteiger partial charge in [-0.2, -0.15) is 0 Å². The average molecular weight is 461 g/mol. The van der Waals surface area contributed by atoms with Crippen LogP contribution in [0.15, 0.2) is 30.5 Å². The van der Waals surface area contributed by atoms with E-state index in [0.29, 0.717) is 36.7 Å². The molecule has 0 aliphatic carbocycles. The van der Waals surface area contributed by atoms with Crippen molar-refractivity contribution in [3.63, 3.8) is 0 Å². The van der Waals surface area contributed by atoms with Crippen LogP contribution in [0.1, 0.15) is 28.4 Å². The van der Waals surface area contributed by atoms with E-state index in [-0.39, 0.29) is 30.4 Å². The highest BCUT2D eigenvalue weighted by atomic mass is 35.5. The zero-order valence-corrected chi connectivity index (χ0v) is 19.6. The number of aromatic nitrogens is 1. The number of hydrogen-bond donors (Lipinski definition) is 0. The second kappa shape index (κ2) is 9.65. The molecule has 9 heteroatoms. The largest absolute Gasteiger partial charge is 0.496 e. The first-order chi connectivity index (χ1) is 14.9. The zero-order chi connectivity index (χ0) is 22.1. The van der Waals surface area contributed by atoms with E-state index in [1.165, 1.54) is 7.11 Å². The molecule has 8 nitrogen and oxygen atoms in total. The van der Waals surface area contributed by atoms with Crippen molar-refractivity contribution in [2.24, 2.45) is 0 Å². The normalized spacial score (nSPS) is 18.3. The highest BCUT2D eigenvalue weighted by molar-refractivity contribution is 5.99. The minimum absolute atomic E-state index is 0. The zero-order valence-electron chi connectivity index (χ0n) is 18.8. The Hall–Kier alpha value is -3.00. The maximum absolute atomic E-state index is 13.2. The van der Waals surface area contributed by atoms with E-state index in [1.807, 2.05) is 24.9 Å². The third-order valence-electron chi connectivity index (χ3n) is 5.83. The van der Waals surface area contributed by atoms with Crippen molar-refractivity contribution in [1.82, 2.24) is 9.88 Å². The summed E-state index contributed by atoms with van der Waals surface area (Å²) in [6.07, 6.45) is 1.49. The molecule has 1 unspecified atom stereocenters. The summed E-state index contributed by atoms with van der Waals surface area (Å²) in [5.74, 6) is 1.35. The molecular weight excluding hydrogens is 432 g/mol. The molecule has 4 rings (SSSR count). The van der Waals surface area contributed by atoms with Gasteiger partial charge in [-0.05, 0) is 44.0 Å². The first kappa shape index (κ1) is 23.7. The van der Waals surface area contributed by atoms with E-state index in [2.05, 4.69) is 22.9 Å². The summed E-state index contributed by atoms with van der Waals surface area (Å²) in [5, 5.41) is 0. The Morgan fingerprint density at radius 1 is 1.16 bits per heavy atom. The topological polar surface area (TPSA) is 75.2 Å². The number of methoxy groups -OCH3 is 1. The Labute approximate surface area is 194 Å². The molecule has 0 bridgehead atoms. The standard InChI is InChI=1S/C23H28N4O4.ClH/c1-15-11-16(2)21(24-13-15)25-7-9-26(10-8-25)22(28)19-6-5-18(12-20(19)30-4)27-17(3)14-31-23(27)29;/h5-6,11-13,17H,7-10,14H2,1-4H3;1H. The fourth-order valence-corrected chi connectivity index (χ4v) is 4.21. The Morgan fingerprint density at radius 3 is 2.47 bits per heavy atom. The number of amides is 2. The number of piperazine rings is 1. The molecule has 0 radical (unpaired) electrons. The molecule has 2 aliphatic heterocycles. The van der Waals surface area contributed by atoms with Gasteiger partial charge in [0.1, 0.15) is 18.2 Å². The lowest BCUT2D eigenvalue weighted by Gasteiger charge is -2.36. The Morgan fingerprint density at radius 2 is 1.88 bits per heavy atom. The van der Waals surface area contributed by atoms with Gasteiger partial charge in [0.05, 0.1) is 24.4 Å². The molecule has 172 valence electrons.